The first-order valence-corrected chi connectivity index (χ1v) is 8.95. The highest BCUT2D eigenvalue weighted by Crippen LogP contribution is 2.30. The third-order valence-corrected chi connectivity index (χ3v) is 4.44. The zero-order chi connectivity index (χ0) is 19.9. The lowest BCUT2D eigenvalue weighted by molar-refractivity contribution is 0.0951. The zero-order valence-electron chi connectivity index (χ0n) is 15.5. The van der Waals surface area contributed by atoms with Crippen LogP contribution in [0.25, 0.3) is 0 Å². The molecule has 144 valence electrons. The zero-order valence-corrected chi connectivity index (χ0v) is 16.3. The Morgan fingerprint density at radius 2 is 1.82 bits per heavy atom. The highest BCUT2D eigenvalue weighted by molar-refractivity contribution is 6.31. The van der Waals surface area contributed by atoms with Crippen LogP contribution in [0.1, 0.15) is 15.9 Å². The van der Waals surface area contributed by atoms with Gasteiger partial charge < -0.3 is 20.1 Å². The van der Waals surface area contributed by atoms with Crippen LogP contribution in [0.15, 0.2) is 60.8 Å². The Kier molecular flexibility index (Phi) is 6.34. The summed E-state index contributed by atoms with van der Waals surface area (Å²) in [6, 6.07) is 16.2. The first-order valence-electron chi connectivity index (χ1n) is 8.57. The molecule has 0 aliphatic heterocycles. The van der Waals surface area contributed by atoms with Gasteiger partial charge in [-0.1, -0.05) is 29.8 Å². The Hall–Kier alpha value is -3.25. The van der Waals surface area contributed by atoms with Gasteiger partial charge in [-0.25, -0.2) is 4.98 Å². The number of hydrogen-bond donors (Lipinski definition) is 2. The van der Waals surface area contributed by atoms with E-state index in [0.717, 1.165) is 11.3 Å². The molecule has 0 spiro atoms. The molecule has 0 atom stereocenters. The fraction of sp³-hybridized carbons (Fsp3) is 0.143. The standard InChI is InChI=1S/C21H20ClN3O3/c1-27-18-8-7-16(12-19(18)28-2)25-20-11-14(9-10-23-20)21(26)24-13-15-5-3-4-6-17(15)22/h3-12H,13H2,1-2H3,(H,23,25)(H,24,26). The van der Waals surface area contributed by atoms with Crippen molar-refractivity contribution in [3.8, 4) is 11.5 Å². The van der Waals surface area contributed by atoms with Crippen molar-refractivity contribution in [2.45, 2.75) is 6.54 Å². The molecule has 2 N–H and O–H groups in total. The van der Waals surface area contributed by atoms with Crippen LogP contribution in [0.2, 0.25) is 5.02 Å². The first-order chi connectivity index (χ1) is 13.6. The third kappa shape index (κ3) is 4.72. The number of ether oxygens (including phenoxy) is 2. The number of anilines is 2. The van der Waals surface area contributed by atoms with Crippen LogP contribution in [0, 0.1) is 0 Å². The van der Waals surface area contributed by atoms with Crippen molar-refractivity contribution >= 4 is 29.0 Å². The number of methoxy groups -OCH3 is 2. The SMILES string of the molecule is COc1ccc(Nc2cc(C(=O)NCc3ccccc3Cl)ccn2)cc1OC. The number of pyridine rings is 1. The van der Waals surface area contributed by atoms with Crippen LogP contribution in [0.3, 0.4) is 0 Å². The number of halogens is 1. The van der Waals surface area contributed by atoms with Gasteiger partial charge in [0, 0.05) is 35.1 Å². The molecule has 0 saturated heterocycles. The second kappa shape index (κ2) is 9.10. The largest absolute Gasteiger partial charge is 0.493 e. The highest BCUT2D eigenvalue weighted by atomic mass is 35.5. The van der Waals surface area contributed by atoms with Crippen LogP contribution < -0.4 is 20.1 Å². The van der Waals surface area contributed by atoms with Gasteiger partial charge in [0.25, 0.3) is 5.91 Å². The first kappa shape index (κ1) is 19.5. The third-order valence-electron chi connectivity index (χ3n) is 4.08. The van der Waals surface area contributed by atoms with Crippen LogP contribution in [-0.2, 0) is 6.54 Å². The van der Waals surface area contributed by atoms with E-state index < -0.39 is 0 Å². The summed E-state index contributed by atoms with van der Waals surface area (Å²) in [6.07, 6.45) is 1.58. The Bertz CT molecular complexity index is 979. The van der Waals surface area contributed by atoms with E-state index in [0.29, 0.717) is 34.4 Å². The van der Waals surface area contributed by atoms with E-state index in [4.69, 9.17) is 21.1 Å². The molecular formula is C21H20ClN3O3. The molecule has 0 fully saturated rings. The number of carbonyl (C=O) groups is 1. The quantitative estimate of drug-likeness (QED) is 0.617. The number of nitrogens with zero attached hydrogens (tertiary/aromatic N) is 1. The van der Waals surface area contributed by atoms with E-state index in [2.05, 4.69) is 15.6 Å². The molecule has 0 bridgehead atoms. The molecule has 2 aromatic carbocycles. The summed E-state index contributed by atoms with van der Waals surface area (Å²) in [4.78, 5) is 16.7. The van der Waals surface area contributed by atoms with E-state index >= 15 is 0 Å². The molecule has 0 unspecified atom stereocenters. The van der Waals surface area contributed by atoms with Gasteiger partial charge in [0.05, 0.1) is 14.2 Å². The molecule has 3 rings (SSSR count). The number of nitrogens with one attached hydrogen (secondary N) is 2. The van der Waals surface area contributed by atoms with Gasteiger partial charge >= 0.3 is 0 Å². The van der Waals surface area contributed by atoms with Gasteiger partial charge in [-0.2, -0.15) is 0 Å². The van der Waals surface area contributed by atoms with Crippen molar-refractivity contribution in [3.63, 3.8) is 0 Å². The predicted octanol–water partition coefficient (Wildman–Crippen LogP) is 4.43. The van der Waals surface area contributed by atoms with Crippen molar-refractivity contribution in [1.82, 2.24) is 10.3 Å². The maximum absolute atomic E-state index is 12.5. The van der Waals surface area contributed by atoms with Gasteiger partial charge in [-0.15, -0.1) is 0 Å². The molecular weight excluding hydrogens is 378 g/mol. The minimum absolute atomic E-state index is 0.210. The molecule has 1 amide bonds. The van der Waals surface area contributed by atoms with Gasteiger partial charge in [0.1, 0.15) is 5.82 Å². The normalized spacial score (nSPS) is 10.2. The van der Waals surface area contributed by atoms with Crippen LogP contribution in [-0.4, -0.2) is 25.1 Å². The lowest BCUT2D eigenvalue weighted by atomic mass is 10.2. The number of benzene rings is 2. The van der Waals surface area contributed by atoms with E-state index in [1.165, 1.54) is 0 Å². The lowest BCUT2D eigenvalue weighted by Crippen LogP contribution is -2.23. The van der Waals surface area contributed by atoms with E-state index in [1.54, 1.807) is 50.7 Å². The summed E-state index contributed by atoms with van der Waals surface area (Å²) >= 11 is 6.13. The average Bonchev–Trinajstić information content (AvgIpc) is 2.73. The van der Waals surface area contributed by atoms with E-state index in [-0.39, 0.29) is 5.91 Å². The Morgan fingerprint density at radius 1 is 1.04 bits per heavy atom. The molecule has 1 heterocycles. The number of rotatable bonds is 7. The lowest BCUT2D eigenvalue weighted by Gasteiger charge is -2.12. The summed E-state index contributed by atoms with van der Waals surface area (Å²) in [5.74, 6) is 1.56. The smallest absolute Gasteiger partial charge is 0.251 e. The topological polar surface area (TPSA) is 72.5 Å². The molecule has 6 nitrogen and oxygen atoms in total. The Morgan fingerprint density at radius 3 is 2.57 bits per heavy atom. The molecule has 7 heteroatoms. The van der Waals surface area contributed by atoms with Crippen LogP contribution in [0.4, 0.5) is 11.5 Å². The molecule has 28 heavy (non-hydrogen) atoms. The Labute approximate surface area is 168 Å². The van der Waals surface area contributed by atoms with Crippen LogP contribution >= 0.6 is 11.6 Å². The maximum atomic E-state index is 12.5. The van der Waals surface area contributed by atoms with Crippen molar-refractivity contribution < 1.29 is 14.3 Å². The monoisotopic (exact) mass is 397 g/mol. The second-order valence-electron chi connectivity index (χ2n) is 5.90. The second-order valence-corrected chi connectivity index (χ2v) is 6.31. The van der Waals surface area contributed by atoms with E-state index in [1.807, 2.05) is 24.3 Å². The molecule has 0 aliphatic carbocycles. The summed E-state index contributed by atoms with van der Waals surface area (Å²) < 4.78 is 10.5. The van der Waals surface area contributed by atoms with Gasteiger partial charge in [-0.3, -0.25) is 4.79 Å². The minimum atomic E-state index is -0.210. The summed E-state index contributed by atoms with van der Waals surface area (Å²) in [5.41, 5.74) is 2.11. The summed E-state index contributed by atoms with van der Waals surface area (Å²) in [7, 11) is 3.15. The predicted molar refractivity (Wildman–Crippen MR) is 110 cm³/mol. The minimum Gasteiger partial charge on any atom is -0.493 e. The molecule has 0 aliphatic rings. The van der Waals surface area contributed by atoms with E-state index in [9.17, 15) is 4.79 Å². The number of aromatic nitrogens is 1. The molecule has 0 radical (unpaired) electrons. The maximum Gasteiger partial charge on any atom is 0.251 e. The summed E-state index contributed by atoms with van der Waals surface area (Å²) in [6.45, 7) is 0.346. The van der Waals surface area contributed by atoms with Crippen molar-refractivity contribution in [2.24, 2.45) is 0 Å². The van der Waals surface area contributed by atoms with Gasteiger partial charge in [0.2, 0.25) is 0 Å². The molecule has 0 saturated carbocycles. The molecule has 1 aromatic heterocycles. The van der Waals surface area contributed by atoms with Crippen LogP contribution in [0.5, 0.6) is 11.5 Å². The fourth-order valence-corrected chi connectivity index (χ4v) is 2.82. The van der Waals surface area contributed by atoms with Crippen molar-refractivity contribution in [3.05, 3.63) is 76.9 Å². The van der Waals surface area contributed by atoms with Crippen molar-refractivity contribution in [2.75, 3.05) is 19.5 Å². The number of amides is 1. The van der Waals surface area contributed by atoms with Gasteiger partial charge in [0.15, 0.2) is 11.5 Å². The van der Waals surface area contributed by atoms with Gasteiger partial charge in [-0.05, 0) is 35.9 Å². The van der Waals surface area contributed by atoms with Crippen molar-refractivity contribution in [1.29, 1.82) is 0 Å². The average molecular weight is 398 g/mol. The number of carbonyl (C=O) groups excluding carboxylic acids is 1. The molecule has 3 aromatic rings. The Balaban J connectivity index is 1.70. The highest BCUT2D eigenvalue weighted by Gasteiger charge is 2.09. The fourth-order valence-electron chi connectivity index (χ4n) is 2.62. The number of hydrogen-bond acceptors (Lipinski definition) is 5. The summed E-state index contributed by atoms with van der Waals surface area (Å²) in [5, 5.41) is 6.64.